The van der Waals surface area contributed by atoms with E-state index in [0.717, 1.165) is 10.7 Å². The molecule has 6 rings (SSSR count). The second-order valence-corrected chi connectivity index (χ2v) is 9.46. The van der Waals surface area contributed by atoms with Crippen LogP contribution >= 0.6 is 0 Å². The van der Waals surface area contributed by atoms with Crippen LogP contribution in [-0.2, 0) is 17.3 Å². The SMILES string of the molecule is Cc1cc(C(F)(F)F)nn1-c1noc2c(F)c3c(cc12)CC1(C=NCN=C1)[C@H]1[C@H](C)O[C@H](C)CN31. The average Bonchev–Trinajstić information content (AvgIpc) is 3.37. The molecule has 0 amide bonds. The highest BCUT2D eigenvalue weighted by molar-refractivity contribution is 5.96. The van der Waals surface area contributed by atoms with Crippen molar-refractivity contribution < 1.29 is 26.8 Å². The number of halogens is 4. The molecule has 35 heavy (non-hydrogen) atoms. The molecule has 3 aliphatic rings. The van der Waals surface area contributed by atoms with Crippen molar-refractivity contribution in [2.75, 3.05) is 18.1 Å². The molecule has 0 aliphatic carbocycles. The van der Waals surface area contributed by atoms with Crippen molar-refractivity contribution in [3.05, 3.63) is 34.9 Å². The Kier molecular flexibility index (Phi) is 4.67. The van der Waals surface area contributed by atoms with Crippen LogP contribution < -0.4 is 4.90 Å². The lowest BCUT2D eigenvalue weighted by Crippen LogP contribution is -2.65. The molecule has 184 valence electrons. The van der Waals surface area contributed by atoms with E-state index in [-0.39, 0.29) is 40.7 Å². The van der Waals surface area contributed by atoms with Gasteiger partial charge in [0.25, 0.3) is 0 Å². The largest absolute Gasteiger partial charge is 0.435 e. The van der Waals surface area contributed by atoms with Gasteiger partial charge in [-0.3, -0.25) is 9.98 Å². The molecule has 0 saturated carbocycles. The molecule has 5 heterocycles. The molecule has 3 aromatic rings. The molecule has 0 radical (unpaired) electrons. The fraction of sp³-hybridized carbons (Fsp3) is 0.478. The van der Waals surface area contributed by atoms with E-state index in [1.807, 2.05) is 31.2 Å². The van der Waals surface area contributed by atoms with E-state index in [1.165, 1.54) is 6.92 Å². The lowest BCUT2D eigenvalue weighted by atomic mass is 9.69. The van der Waals surface area contributed by atoms with Gasteiger partial charge < -0.3 is 14.2 Å². The van der Waals surface area contributed by atoms with Crippen LogP contribution in [0.4, 0.5) is 23.2 Å². The normalized spacial score (nSPS) is 25.3. The van der Waals surface area contributed by atoms with Gasteiger partial charge in [0.2, 0.25) is 11.4 Å². The molecule has 0 unspecified atom stereocenters. The Morgan fingerprint density at radius 2 is 1.89 bits per heavy atom. The molecule has 2 aromatic heterocycles. The zero-order valence-corrected chi connectivity index (χ0v) is 19.2. The summed E-state index contributed by atoms with van der Waals surface area (Å²) in [5.74, 6) is -0.608. The van der Waals surface area contributed by atoms with Gasteiger partial charge in [-0.2, -0.15) is 18.3 Å². The van der Waals surface area contributed by atoms with Crippen molar-refractivity contribution in [2.45, 2.75) is 51.6 Å². The molecule has 0 bridgehead atoms. The van der Waals surface area contributed by atoms with Gasteiger partial charge in [-0.05, 0) is 44.9 Å². The molecule has 3 atom stereocenters. The standard InChI is InChI=1S/C23H22F4N6O2/c1-11-4-16(23(25,26)27)30-33(11)21-15-5-14-6-22(8-28-10-29-9-22)20-13(3)34-12(2)7-32(20)18(14)17(24)19(15)35-31-21/h4-5,8-9,12-13,20H,6-7,10H2,1-3H3/t12-,13+,20-/m1/s1. The minimum absolute atomic E-state index is 0.000524. The van der Waals surface area contributed by atoms with Crippen molar-refractivity contribution in [1.29, 1.82) is 0 Å². The van der Waals surface area contributed by atoms with Gasteiger partial charge in [-0.1, -0.05) is 5.16 Å². The number of morpholine rings is 1. The smallest absolute Gasteiger partial charge is 0.372 e. The number of hydrogen-bond acceptors (Lipinski definition) is 7. The Balaban J connectivity index is 1.56. The highest BCUT2D eigenvalue weighted by Gasteiger charge is 2.52. The number of aryl methyl sites for hydroxylation is 1. The summed E-state index contributed by atoms with van der Waals surface area (Å²) in [6.45, 7) is 6.14. The van der Waals surface area contributed by atoms with Crippen molar-refractivity contribution in [3.63, 3.8) is 0 Å². The highest BCUT2D eigenvalue weighted by atomic mass is 19.4. The predicted octanol–water partition coefficient (Wildman–Crippen LogP) is 4.12. The predicted molar refractivity (Wildman–Crippen MR) is 120 cm³/mol. The van der Waals surface area contributed by atoms with Gasteiger partial charge >= 0.3 is 6.18 Å². The first-order valence-corrected chi connectivity index (χ1v) is 11.3. The summed E-state index contributed by atoms with van der Waals surface area (Å²) in [5, 5.41) is 7.82. The van der Waals surface area contributed by atoms with Crippen LogP contribution in [0.3, 0.4) is 0 Å². The fourth-order valence-corrected chi connectivity index (χ4v) is 5.76. The van der Waals surface area contributed by atoms with E-state index in [2.05, 4.69) is 20.2 Å². The molecule has 1 saturated heterocycles. The molecular formula is C23H22F4N6O2. The van der Waals surface area contributed by atoms with Crippen LogP contribution in [-0.4, -0.2) is 58.8 Å². The molecule has 12 heteroatoms. The second kappa shape index (κ2) is 7.36. The number of benzene rings is 1. The summed E-state index contributed by atoms with van der Waals surface area (Å²) in [4.78, 5) is 10.8. The van der Waals surface area contributed by atoms with E-state index in [1.54, 1.807) is 6.07 Å². The average molecular weight is 490 g/mol. The van der Waals surface area contributed by atoms with E-state index in [9.17, 15) is 13.2 Å². The molecule has 3 aliphatic heterocycles. The Hall–Kier alpha value is -3.28. The maximum atomic E-state index is 16.1. The third-order valence-electron chi connectivity index (χ3n) is 6.96. The summed E-state index contributed by atoms with van der Waals surface area (Å²) in [6, 6.07) is 2.41. The summed E-state index contributed by atoms with van der Waals surface area (Å²) in [7, 11) is 0. The number of aliphatic imine (C=N–C) groups is 2. The van der Waals surface area contributed by atoms with E-state index in [0.29, 0.717) is 30.9 Å². The van der Waals surface area contributed by atoms with Crippen molar-refractivity contribution in [1.82, 2.24) is 14.9 Å². The second-order valence-electron chi connectivity index (χ2n) is 9.46. The Bertz CT molecular complexity index is 1380. The van der Waals surface area contributed by atoms with Crippen LogP contribution in [0.2, 0.25) is 0 Å². The van der Waals surface area contributed by atoms with Gasteiger partial charge in [0.1, 0.15) is 6.67 Å². The number of rotatable bonds is 1. The maximum Gasteiger partial charge on any atom is 0.435 e. The molecule has 1 aromatic carbocycles. The van der Waals surface area contributed by atoms with Gasteiger partial charge in [-0.25, -0.2) is 9.07 Å². The molecular weight excluding hydrogens is 468 g/mol. The lowest BCUT2D eigenvalue weighted by Gasteiger charge is -2.54. The van der Waals surface area contributed by atoms with E-state index < -0.39 is 23.1 Å². The third kappa shape index (κ3) is 3.22. The number of hydrogen-bond donors (Lipinski definition) is 0. The number of aromatic nitrogens is 3. The third-order valence-corrected chi connectivity index (χ3v) is 6.96. The number of anilines is 1. The summed E-state index contributed by atoms with van der Waals surface area (Å²) >= 11 is 0. The maximum absolute atomic E-state index is 16.1. The summed E-state index contributed by atoms with van der Waals surface area (Å²) in [6.07, 6.45) is -0.877. The van der Waals surface area contributed by atoms with Crippen LogP contribution in [0.5, 0.6) is 0 Å². The van der Waals surface area contributed by atoms with E-state index in [4.69, 9.17) is 9.26 Å². The Labute approximate surface area is 197 Å². The highest BCUT2D eigenvalue weighted by Crippen LogP contribution is 2.47. The minimum Gasteiger partial charge on any atom is -0.372 e. The Morgan fingerprint density at radius 3 is 2.57 bits per heavy atom. The zero-order chi connectivity index (χ0) is 24.7. The van der Waals surface area contributed by atoms with Gasteiger partial charge in [0, 0.05) is 24.7 Å². The van der Waals surface area contributed by atoms with Crippen molar-refractivity contribution in [3.8, 4) is 5.82 Å². The molecule has 1 spiro atoms. The summed E-state index contributed by atoms with van der Waals surface area (Å²) < 4.78 is 68.2. The molecule has 1 fully saturated rings. The first-order valence-electron chi connectivity index (χ1n) is 11.3. The van der Waals surface area contributed by atoms with Crippen LogP contribution in [0.25, 0.3) is 16.8 Å². The van der Waals surface area contributed by atoms with Crippen LogP contribution in [0.15, 0.2) is 26.6 Å². The van der Waals surface area contributed by atoms with Gasteiger partial charge in [0.15, 0.2) is 11.5 Å². The van der Waals surface area contributed by atoms with E-state index >= 15 is 4.39 Å². The van der Waals surface area contributed by atoms with Gasteiger partial charge in [-0.15, -0.1) is 0 Å². The number of fused-ring (bicyclic) bond motifs is 5. The van der Waals surface area contributed by atoms with Crippen LogP contribution in [0, 0.1) is 18.2 Å². The van der Waals surface area contributed by atoms with Crippen molar-refractivity contribution >= 4 is 29.1 Å². The monoisotopic (exact) mass is 490 g/mol. The summed E-state index contributed by atoms with van der Waals surface area (Å²) in [5.41, 5.74) is -0.555. The zero-order valence-electron chi connectivity index (χ0n) is 19.2. The molecule has 8 nitrogen and oxygen atoms in total. The first-order chi connectivity index (χ1) is 16.6. The number of ether oxygens (including phenoxy) is 1. The quantitative estimate of drug-likeness (QED) is 0.480. The number of alkyl halides is 3. The topological polar surface area (TPSA) is 81.0 Å². The molecule has 0 N–H and O–H groups in total. The van der Waals surface area contributed by atoms with Gasteiger partial charge in [0.05, 0.1) is 34.7 Å². The minimum atomic E-state index is -4.62. The number of nitrogens with zero attached hydrogens (tertiary/aromatic N) is 6. The Morgan fingerprint density at radius 1 is 1.14 bits per heavy atom. The van der Waals surface area contributed by atoms with Crippen molar-refractivity contribution in [2.24, 2.45) is 15.4 Å². The lowest BCUT2D eigenvalue weighted by molar-refractivity contribution is -0.141. The first kappa shape index (κ1) is 22.2. The fourth-order valence-electron chi connectivity index (χ4n) is 5.76. The van der Waals surface area contributed by atoms with Crippen LogP contribution in [0.1, 0.15) is 30.8 Å².